The number of rotatable bonds is 5. The second-order valence-electron chi connectivity index (χ2n) is 4.00. The first-order valence-corrected chi connectivity index (χ1v) is 8.10. The van der Waals surface area contributed by atoms with E-state index in [0.717, 1.165) is 5.56 Å². The number of benzene rings is 1. The van der Waals surface area contributed by atoms with Crippen molar-refractivity contribution in [2.45, 2.75) is 6.42 Å². The number of nitrogens with one attached hydrogen (secondary N) is 1. The number of hydrogen-bond donors (Lipinski definition) is 1. The van der Waals surface area contributed by atoms with Crippen LogP contribution in [0.2, 0.25) is 10.4 Å². The number of halogens is 2. The van der Waals surface area contributed by atoms with Crippen LogP contribution in [0.15, 0.2) is 36.4 Å². The third-order valence-corrected chi connectivity index (χ3v) is 4.05. The van der Waals surface area contributed by atoms with Gasteiger partial charge in [0, 0.05) is 6.07 Å². The van der Waals surface area contributed by atoms with Gasteiger partial charge in [0.15, 0.2) is 0 Å². The summed E-state index contributed by atoms with van der Waals surface area (Å²) >= 11 is 11.3. The van der Waals surface area contributed by atoms with E-state index >= 15 is 0 Å². The Kier molecular flexibility index (Phi) is 4.80. The van der Waals surface area contributed by atoms with E-state index in [-0.39, 0.29) is 22.0 Å². The number of hydrogen-bond acceptors (Lipinski definition) is 4. The Balaban J connectivity index is 2.04. The fraction of sp³-hybridized carbons (Fsp3) is 0.167. The number of sulfonamides is 1. The molecule has 8 heteroatoms. The molecule has 106 valence electrons. The van der Waals surface area contributed by atoms with Crippen LogP contribution in [-0.2, 0) is 16.4 Å². The summed E-state index contributed by atoms with van der Waals surface area (Å²) in [5.74, 6) is -0.000881. The maximum atomic E-state index is 11.9. The van der Waals surface area contributed by atoms with Crippen molar-refractivity contribution in [3.63, 3.8) is 0 Å². The molecule has 1 aromatic heterocycles. The molecule has 20 heavy (non-hydrogen) atoms. The summed E-state index contributed by atoms with van der Waals surface area (Å²) in [5.41, 5.74) is 0.941. The molecule has 0 aliphatic carbocycles. The first-order valence-electron chi connectivity index (χ1n) is 5.69. The Morgan fingerprint density at radius 2 is 1.80 bits per heavy atom. The molecule has 0 unspecified atom stereocenters. The zero-order valence-electron chi connectivity index (χ0n) is 10.3. The van der Waals surface area contributed by atoms with Crippen LogP contribution in [0.25, 0.3) is 0 Å². The van der Waals surface area contributed by atoms with Gasteiger partial charge in [-0.15, -0.1) is 0 Å². The SMILES string of the molecule is O=S(=O)(CCc1ccccc1)Nc1cc(Cl)nc(Cl)n1. The van der Waals surface area contributed by atoms with E-state index in [1.54, 1.807) is 0 Å². The van der Waals surface area contributed by atoms with Crippen molar-refractivity contribution < 1.29 is 8.42 Å². The maximum absolute atomic E-state index is 11.9. The molecule has 2 rings (SSSR count). The molecule has 0 bridgehead atoms. The minimum Gasteiger partial charge on any atom is -0.267 e. The van der Waals surface area contributed by atoms with Crippen LogP contribution in [0, 0.1) is 0 Å². The van der Waals surface area contributed by atoms with Gasteiger partial charge in [0.1, 0.15) is 11.0 Å². The van der Waals surface area contributed by atoms with E-state index in [1.165, 1.54) is 6.07 Å². The summed E-state index contributed by atoms with van der Waals surface area (Å²) in [7, 11) is -3.52. The smallest absolute Gasteiger partial charge is 0.234 e. The number of aromatic nitrogens is 2. The third-order valence-electron chi connectivity index (χ3n) is 2.43. The van der Waals surface area contributed by atoms with E-state index in [1.807, 2.05) is 30.3 Å². The molecule has 0 saturated carbocycles. The molecular weight excluding hydrogens is 321 g/mol. The number of nitrogens with zero attached hydrogens (tertiary/aromatic N) is 2. The van der Waals surface area contributed by atoms with Crippen molar-refractivity contribution >= 4 is 39.0 Å². The fourth-order valence-electron chi connectivity index (χ4n) is 1.55. The van der Waals surface area contributed by atoms with Gasteiger partial charge in [-0.3, -0.25) is 4.72 Å². The number of aryl methyl sites for hydroxylation is 1. The van der Waals surface area contributed by atoms with Gasteiger partial charge in [0.05, 0.1) is 5.75 Å². The second kappa shape index (κ2) is 6.39. The van der Waals surface area contributed by atoms with Crippen LogP contribution in [0.4, 0.5) is 5.82 Å². The van der Waals surface area contributed by atoms with Gasteiger partial charge in [-0.25, -0.2) is 13.4 Å². The lowest BCUT2D eigenvalue weighted by Gasteiger charge is -2.07. The highest BCUT2D eigenvalue weighted by Gasteiger charge is 2.12. The van der Waals surface area contributed by atoms with Crippen LogP contribution in [0.1, 0.15) is 5.56 Å². The molecule has 0 spiro atoms. The molecule has 1 aromatic carbocycles. The van der Waals surface area contributed by atoms with Gasteiger partial charge < -0.3 is 0 Å². The average Bonchev–Trinajstić information content (AvgIpc) is 2.36. The molecule has 0 fully saturated rings. The van der Waals surface area contributed by atoms with Crippen LogP contribution in [0.3, 0.4) is 0 Å². The molecule has 0 aliphatic heterocycles. The van der Waals surface area contributed by atoms with Gasteiger partial charge in [0.25, 0.3) is 0 Å². The molecular formula is C12H11Cl2N3O2S. The molecule has 0 atom stereocenters. The second-order valence-corrected chi connectivity index (χ2v) is 6.57. The van der Waals surface area contributed by atoms with E-state index in [4.69, 9.17) is 23.2 Å². The minimum absolute atomic E-state index is 0.0584. The van der Waals surface area contributed by atoms with Crippen molar-refractivity contribution in [3.8, 4) is 0 Å². The lowest BCUT2D eigenvalue weighted by Crippen LogP contribution is -2.19. The van der Waals surface area contributed by atoms with Gasteiger partial charge >= 0.3 is 0 Å². The molecule has 1 heterocycles. The summed E-state index contributed by atoms with van der Waals surface area (Å²) in [6.07, 6.45) is 0.405. The Morgan fingerprint density at radius 1 is 1.10 bits per heavy atom. The van der Waals surface area contributed by atoms with Gasteiger partial charge in [0.2, 0.25) is 15.3 Å². The Hall–Kier alpha value is -1.37. The molecule has 0 saturated heterocycles. The standard InChI is InChI=1S/C12H11Cl2N3O2S/c13-10-8-11(16-12(14)15-10)17-20(18,19)7-6-9-4-2-1-3-5-9/h1-5,8H,6-7H2,(H,15,16,17). The Bertz CT molecular complexity index is 673. The molecule has 0 amide bonds. The van der Waals surface area contributed by atoms with Crippen molar-refractivity contribution in [1.82, 2.24) is 9.97 Å². The summed E-state index contributed by atoms with van der Waals surface area (Å²) in [6, 6.07) is 10.6. The van der Waals surface area contributed by atoms with Crippen molar-refractivity contribution in [2.24, 2.45) is 0 Å². The topological polar surface area (TPSA) is 72.0 Å². The van der Waals surface area contributed by atoms with Crippen molar-refractivity contribution in [3.05, 3.63) is 52.4 Å². The maximum Gasteiger partial charge on any atom is 0.234 e. The monoisotopic (exact) mass is 331 g/mol. The zero-order valence-corrected chi connectivity index (χ0v) is 12.6. The van der Waals surface area contributed by atoms with Crippen LogP contribution >= 0.6 is 23.2 Å². The predicted octanol–water partition coefficient (Wildman–Crippen LogP) is 2.77. The van der Waals surface area contributed by atoms with Crippen molar-refractivity contribution in [2.75, 3.05) is 10.5 Å². The van der Waals surface area contributed by atoms with Gasteiger partial charge in [-0.05, 0) is 23.6 Å². The lowest BCUT2D eigenvalue weighted by atomic mass is 10.2. The summed E-state index contributed by atoms with van der Waals surface area (Å²) in [5, 5.41) is -0.0379. The summed E-state index contributed by atoms with van der Waals surface area (Å²) in [4.78, 5) is 7.40. The molecule has 2 aromatic rings. The minimum atomic E-state index is -3.52. The molecule has 1 N–H and O–H groups in total. The van der Waals surface area contributed by atoms with E-state index in [9.17, 15) is 8.42 Å². The highest BCUT2D eigenvalue weighted by Crippen LogP contribution is 2.15. The lowest BCUT2D eigenvalue weighted by molar-refractivity contribution is 0.600. The predicted molar refractivity (Wildman–Crippen MR) is 79.6 cm³/mol. The zero-order chi connectivity index (χ0) is 14.6. The first kappa shape index (κ1) is 15.0. The third kappa shape index (κ3) is 4.63. The quantitative estimate of drug-likeness (QED) is 0.675. The molecule has 0 aliphatic rings. The average molecular weight is 332 g/mol. The highest BCUT2D eigenvalue weighted by atomic mass is 35.5. The Morgan fingerprint density at radius 3 is 2.45 bits per heavy atom. The van der Waals surface area contributed by atoms with Crippen LogP contribution < -0.4 is 4.72 Å². The highest BCUT2D eigenvalue weighted by molar-refractivity contribution is 7.92. The van der Waals surface area contributed by atoms with E-state index in [0.29, 0.717) is 6.42 Å². The van der Waals surface area contributed by atoms with E-state index in [2.05, 4.69) is 14.7 Å². The first-order chi connectivity index (χ1) is 9.44. The number of anilines is 1. The summed E-state index contributed by atoms with van der Waals surface area (Å²) in [6.45, 7) is 0. The normalized spacial score (nSPS) is 11.3. The van der Waals surface area contributed by atoms with Crippen LogP contribution in [-0.4, -0.2) is 24.1 Å². The molecule has 5 nitrogen and oxygen atoms in total. The van der Waals surface area contributed by atoms with Crippen LogP contribution in [0.5, 0.6) is 0 Å². The largest absolute Gasteiger partial charge is 0.267 e. The Labute approximate surface area is 127 Å². The summed E-state index contributed by atoms with van der Waals surface area (Å²) < 4.78 is 26.2. The fourth-order valence-corrected chi connectivity index (χ4v) is 2.99. The van der Waals surface area contributed by atoms with Gasteiger partial charge in [-0.1, -0.05) is 41.9 Å². The van der Waals surface area contributed by atoms with E-state index < -0.39 is 10.0 Å². The van der Waals surface area contributed by atoms with Crippen molar-refractivity contribution in [1.29, 1.82) is 0 Å². The molecule has 0 radical (unpaired) electrons. The van der Waals surface area contributed by atoms with Gasteiger partial charge in [-0.2, -0.15) is 4.98 Å².